The van der Waals surface area contributed by atoms with Crippen molar-refractivity contribution in [3.05, 3.63) is 94.7 Å². The summed E-state index contributed by atoms with van der Waals surface area (Å²) in [7, 11) is 0. The van der Waals surface area contributed by atoms with Gasteiger partial charge in [0.2, 0.25) is 0 Å². The molecule has 0 spiro atoms. The Hall–Kier alpha value is -4.39. The van der Waals surface area contributed by atoms with E-state index < -0.39 is 17.5 Å². The average molecular weight is 509 g/mol. The predicted molar refractivity (Wildman–Crippen MR) is 143 cm³/mol. The van der Waals surface area contributed by atoms with Crippen LogP contribution in [0.15, 0.2) is 71.3 Å². The second-order valence-corrected chi connectivity index (χ2v) is 10.1. The molecule has 2 N–H and O–H groups in total. The zero-order valence-corrected chi connectivity index (χ0v) is 21.1. The molecule has 4 aromatic rings. The summed E-state index contributed by atoms with van der Waals surface area (Å²) in [4.78, 5) is 24.4. The molecule has 0 aliphatic heterocycles. The fraction of sp³-hybridized carbons (Fsp3) is 0.258. The van der Waals surface area contributed by atoms with E-state index in [1.165, 1.54) is 11.1 Å². The number of ether oxygens (including phenoxy) is 1. The first-order chi connectivity index (χ1) is 18.4. The van der Waals surface area contributed by atoms with Gasteiger partial charge in [-0.05, 0) is 78.5 Å². The standard InChI is InChI=1S/C31H28N2O5/c1-19-27(32-30(36)37-18-20-6-3-2-4-7-20)28(38-33-19)23-10-12-25-21(16-23)8-5-9-22-17-24(11-13-26(22)25)31(14-15-31)29(34)35/h2-4,6-7,10-13,16-17H,5,8-9,14-15,18H2,1H3,(H,32,36)(H,34,35). The van der Waals surface area contributed by atoms with Gasteiger partial charge in [-0.25, -0.2) is 4.79 Å². The van der Waals surface area contributed by atoms with E-state index in [1.54, 1.807) is 6.92 Å². The predicted octanol–water partition coefficient (Wildman–Crippen LogP) is 6.67. The first kappa shape index (κ1) is 24.0. The van der Waals surface area contributed by atoms with Gasteiger partial charge in [0.25, 0.3) is 0 Å². The summed E-state index contributed by atoms with van der Waals surface area (Å²) >= 11 is 0. The highest BCUT2D eigenvalue weighted by atomic mass is 16.5. The largest absolute Gasteiger partial charge is 0.481 e. The number of nitrogens with one attached hydrogen (secondary N) is 1. The monoisotopic (exact) mass is 508 g/mol. The quantitative estimate of drug-likeness (QED) is 0.302. The third-order valence-corrected chi connectivity index (χ3v) is 7.67. The SMILES string of the molecule is Cc1noc(-c2ccc3c(c2)CCCc2cc(C4(C(=O)O)CC4)ccc2-3)c1NC(=O)OCc1ccccc1. The average Bonchev–Trinajstić information content (AvgIpc) is 3.70. The van der Waals surface area contributed by atoms with Crippen LogP contribution in [0.4, 0.5) is 10.5 Å². The van der Waals surface area contributed by atoms with Crippen LogP contribution in [0, 0.1) is 6.92 Å². The third kappa shape index (κ3) is 4.34. The number of carbonyl (C=O) groups excluding carboxylic acids is 1. The number of anilines is 1. The fourth-order valence-corrected chi connectivity index (χ4v) is 5.36. The van der Waals surface area contributed by atoms with E-state index in [1.807, 2.05) is 42.5 Å². The van der Waals surface area contributed by atoms with Gasteiger partial charge in [0, 0.05) is 5.56 Å². The molecule has 1 amide bonds. The Morgan fingerprint density at radius 3 is 2.42 bits per heavy atom. The van der Waals surface area contributed by atoms with Crippen LogP contribution < -0.4 is 5.32 Å². The number of nitrogens with zero attached hydrogens (tertiary/aromatic N) is 1. The number of hydrogen-bond donors (Lipinski definition) is 2. The van der Waals surface area contributed by atoms with Gasteiger partial charge in [-0.1, -0.05) is 65.8 Å². The van der Waals surface area contributed by atoms with Gasteiger partial charge in [-0.15, -0.1) is 0 Å². The van der Waals surface area contributed by atoms with Crippen molar-refractivity contribution in [2.75, 3.05) is 5.32 Å². The van der Waals surface area contributed by atoms with Gasteiger partial charge < -0.3 is 14.4 Å². The molecule has 1 saturated carbocycles. The maximum absolute atomic E-state index is 12.5. The molecule has 0 unspecified atom stereocenters. The molecular formula is C31H28N2O5. The molecule has 2 aliphatic rings. The van der Waals surface area contributed by atoms with Gasteiger partial charge >= 0.3 is 12.1 Å². The molecular weight excluding hydrogens is 480 g/mol. The Morgan fingerprint density at radius 2 is 1.71 bits per heavy atom. The summed E-state index contributed by atoms with van der Waals surface area (Å²) in [5, 5.41) is 16.6. The molecule has 0 atom stereocenters. The van der Waals surface area contributed by atoms with Gasteiger partial charge in [-0.3, -0.25) is 10.1 Å². The van der Waals surface area contributed by atoms with Crippen molar-refractivity contribution in [1.82, 2.24) is 5.16 Å². The van der Waals surface area contributed by atoms with E-state index in [-0.39, 0.29) is 6.61 Å². The number of hydrogen-bond acceptors (Lipinski definition) is 5. The molecule has 6 rings (SSSR count). The lowest BCUT2D eigenvalue weighted by Crippen LogP contribution is -2.19. The number of aryl methyl sites for hydroxylation is 3. The van der Waals surface area contributed by atoms with Crippen LogP contribution in [0.2, 0.25) is 0 Å². The number of carboxylic acid groups (broad SMARTS) is 1. The highest BCUT2D eigenvalue weighted by Crippen LogP contribution is 2.49. The van der Waals surface area contributed by atoms with Crippen LogP contribution in [0.25, 0.3) is 22.5 Å². The molecule has 7 nitrogen and oxygen atoms in total. The lowest BCUT2D eigenvalue weighted by molar-refractivity contribution is -0.140. The topological polar surface area (TPSA) is 102 Å². The smallest absolute Gasteiger partial charge is 0.412 e. The van der Waals surface area contributed by atoms with Crippen LogP contribution in [-0.4, -0.2) is 22.3 Å². The van der Waals surface area contributed by atoms with Crippen molar-refractivity contribution in [1.29, 1.82) is 0 Å². The normalized spacial score (nSPS) is 15.1. The zero-order chi connectivity index (χ0) is 26.3. The number of aromatic nitrogens is 1. The molecule has 1 heterocycles. The number of fused-ring (bicyclic) bond motifs is 3. The first-order valence-electron chi connectivity index (χ1n) is 12.9. The zero-order valence-electron chi connectivity index (χ0n) is 21.1. The van der Waals surface area contributed by atoms with E-state index in [0.717, 1.165) is 47.1 Å². The summed E-state index contributed by atoms with van der Waals surface area (Å²) in [6.07, 6.45) is 3.56. The third-order valence-electron chi connectivity index (χ3n) is 7.67. The molecule has 0 saturated heterocycles. The van der Waals surface area contributed by atoms with E-state index >= 15 is 0 Å². The Bertz CT molecular complexity index is 1540. The van der Waals surface area contributed by atoms with Crippen molar-refractivity contribution < 1.29 is 24.0 Å². The number of amides is 1. The maximum Gasteiger partial charge on any atom is 0.412 e. The minimum absolute atomic E-state index is 0.167. The molecule has 7 heteroatoms. The minimum Gasteiger partial charge on any atom is -0.481 e. The Morgan fingerprint density at radius 1 is 1.00 bits per heavy atom. The Kier molecular flexibility index (Phi) is 5.98. The van der Waals surface area contributed by atoms with Crippen molar-refractivity contribution in [2.45, 2.75) is 51.0 Å². The summed E-state index contributed by atoms with van der Waals surface area (Å²) in [5.74, 6) is -0.245. The molecule has 1 aromatic heterocycles. The molecule has 2 aliphatic carbocycles. The lowest BCUT2D eigenvalue weighted by atomic mass is 9.89. The van der Waals surface area contributed by atoms with E-state index in [9.17, 15) is 14.7 Å². The van der Waals surface area contributed by atoms with Crippen molar-refractivity contribution >= 4 is 17.7 Å². The number of rotatable bonds is 6. The molecule has 1 fully saturated rings. The number of benzene rings is 3. The summed E-state index contributed by atoms with van der Waals surface area (Å²) < 4.78 is 11.0. The highest BCUT2D eigenvalue weighted by Gasteiger charge is 2.51. The number of carboxylic acids is 1. The van der Waals surface area contributed by atoms with Gasteiger partial charge in [0.05, 0.1) is 5.41 Å². The number of aliphatic carboxylic acids is 1. The molecule has 192 valence electrons. The summed E-state index contributed by atoms with van der Waals surface area (Å²) in [5.41, 5.74) is 7.65. The van der Waals surface area contributed by atoms with Gasteiger partial charge in [-0.2, -0.15) is 0 Å². The van der Waals surface area contributed by atoms with Crippen molar-refractivity contribution in [3.8, 4) is 22.5 Å². The van der Waals surface area contributed by atoms with Crippen molar-refractivity contribution in [2.24, 2.45) is 0 Å². The Balaban J connectivity index is 1.26. The highest BCUT2D eigenvalue weighted by molar-refractivity contribution is 5.91. The first-order valence-corrected chi connectivity index (χ1v) is 12.9. The maximum atomic E-state index is 12.5. The minimum atomic E-state index is -0.730. The number of carbonyl (C=O) groups is 2. The van der Waals surface area contributed by atoms with Gasteiger partial charge in [0.15, 0.2) is 5.76 Å². The molecule has 3 aromatic carbocycles. The van der Waals surface area contributed by atoms with Gasteiger partial charge in [0.1, 0.15) is 18.0 Å². The van der Waals surface area contributed by atoms with Crippen LogP contribution in [-0.2, 0) is 34.4 Å². The second-order valence-electron chi connectivity index (χ2n) is 10.1. The summed E-state index contributed by atoms with van der Waals surface area (Å²) in [6.45, 7) is 1.95. The molecule has 0 bridgehead atoms. The van der Waals surface area contributed by atoms with Crippen LogP contribution in [0.3, 0.4) is 0 Å². The van der Waals surface area contributed by atoms with Crippen LogP contribution >= 0.6 is 0 Å². The lowest BCUT2D eigenvalue weighted by Gasteiger charge is -2.15. The van der Waals surface area contributed by atoms with Crippen LogP contribution in [0.5, 0.6) is 0 Å². The van der Waals surface area contributed by atoms with Crippen LogP contribution in [0.1, 0.15) is 47.2 Å². The fourth-order valence-electron chi connectivity index (χ4n) is 5.36. The van der Waals surface area contributed by atoms with E-state index in [0.29, 0.717) is 30.0 Å². The van der Waals surface area contributed by atoms with E-state index in [4.69, 9.17) is 9.26 Å². The van der Waals surface area contributed by atoms with E-state index in [2.05, 4.69) is 34.7 Å². The Labute approximate surface area is 220 Å². The second kappa shape index (κ2) is 9.49. The summed E-state index contributed by atoms with van der Waals surface area (Å²) in [6, 6.07) is 21.8. The van der Waals surface area contributed by atoms with Crippen molar-refractivity contribution in [3.63, 3.8) is 0 Å². The molecule has 38 heavy (non-hydrogen) atoms. The molecule has 0 radical (unpaired) electrons.